The Kier molecular flexibility index (Phi) is 5.06. The fraction of sp³-hybridized carbons (Fsp3) is 0.647. The summed E-state index contributed by atoms with van der Waals surface area (Å²) in [5.74, 6) is 0. The number of nitrogens with zero attached hydrogens (tertiary/aromatic N) is 2. The summed E-state index contributed by atoms with van der Waals surface area (Å²) in [5.41, 5.74) is 8.19. The molecule has 20 heavy (non-hydrogen) atoms. The lowest BCUT2D eigenvalue weighted by atomic mass is 9.84. The molecule has 1 aromatic rings. The zero-order valence-electron chi connectivity index (χ0n) is 13.2. The standard InChI is InChI=1S/C17H29N3/c1-4-9-19-10-12-20(13-11-19)14-17(2,3)15-5-7-16(18)8-6-15/h5-8H,4,9-14,18H2,1-3H3. The Balaban J connectivity index is 1.91. The van der Waals surface area contributed by atoms with Gasteiger partial charge in [-0.2, -0.15) is 0 Å². The third kappa shape index (κ3) is 3.97. The summed E-state index contributed by atoms with van der Waals surface area (Å²) in [6.45, 7) is 14.1. The number of hydrogen-bond acceptors (Lipinski definition) is 3. The molecular weight excluding hydrogens is 246 g/mol. The minimum absolute atomic E-state index is 0.181. The third-order valence-electron chi connectivity index (χ3n) is 4.32. The van der Waals surface area contributed by atoms with E-state index >= 15 is 0 Å². The van der Waals surface area contributed by atoms with E-state index in [2.05, 4.69) is 42.7 Å². The van der Waals surface area contributed by atoms with Crippen LogP contribution in [-0.2, 0) is 5.41 Å². The number of nitrogen functional groups attached to an aromatic ring is 1. The van der Waals surface area contributed by atoms with Crippen molar-refractivity contribution >= 4 is 5.69 Å². The summed E-state index contributed by atoms with van der Waals surface area (Å²) < 4.78 is 0. The van der Waals surface area contributed by atoms with Crippen LogP contribution in [0.5, 0.6) is 0 Å². The molecule has 0 saturated carbocycles. The summed E-state index contributed by atoms with van der Waals surface area (Å²) in [7, 11) is 0. The van der Waals surface area contributed by atoms with Gasteiger partial charge in [0.2, 0.25) is 0 Å². The van der Waals surface area contributed by atoms with Crippen LogP contribution in [0.3, 0.4) is 0 Å². The lowest BCUT2D eigenvalue weighted by molar-refractivity contribution is 0.115. The minimum atomic E-state index is 0.181. The first-order valence-electron chi connectivity index (χ1n) is 7.82. The molecule has 3 heteroatoms. The summed E-state index contributed by atoms with van der Waals surface area (Å²) in [6.07, 6.45) is 1.26. The summed E-state index contributed by atoms with van der Waals surface area (Å²) >= 11 is 0. The number of rotatable bonds is 5. The van der Waals surface area contributed by atoms with Gasteiger partial charge in [-0.25, -0.2) is 0 Å². The van der Waals surface area contributed by atoms with Crippen LogP contribution in [0.15, 0.2) is 24.3 Å². The van der Waals surface area contributed by atoms with Crippen LogP contribution in [-0.4, -0.2) is 49.1 Å². The van der Waals surface area contributed by atoms with Gasteiger partial charge in [0.25, 0.3) is 0 Å². The molecule has 1 aliphatic heterocycles. The number of benzene rings is 1. The Hall–Kier alpha value is -1.06. The molecule has 0 radical (unpaired) electrons. The zero-order chi connectivity index (χ0) is 14.6. The van der Waals surface area contributed by atoms with E-state index in [4.69, 9.17) is 5.73 Å². The monoisotopic (exact) mass is 275 g/mol. The van der Waals surface area contributed by atoms with Crippen LogP contribution in [0.4, 0.5) is 5.69 Å². The van der Waals surface area contributed by atoms with Crippen molar-refractivity contribution in [3.63, 3.8) is 0 Å². The number of nitrogens with two attached hydrogens (primary N) is 1. The van der Waals surface area contributed by atoms with Crippen molar-refractivity contribution in [2.24, 2.45) is 0 Å². The molecule has 2 rings (SSSR count). The largest absolute Gasteiger partial charge is 0.399 e. The van der Waals surface area contributed by atoms with Crippen molar-refractivity contribution in [1.82, 2.24) is 9.80 Å². The van der Waals surface area contributed by atoms with E-state index in [1.807, 2.05) is 12.1 Å². The highest BCUT2D eigenvalue weighted by molar-refractivity contribution is 5.41. The van der Waals surface area contributed by atoms with Gasteiger partial charge in [0, 0.05) is 43.8 Å². The highest BCUT2D eigenvalue weighted by Gasteiger charge is 2.26. The van der Waals surface area contributed by atoms with Gasteiger partial charge in [0.15, 0.2) is 0 Å². The van der Waals surface area contributed by atoms with Gasteiger partial charge in [0.05, 0.1) is 0 Å². The van der Waals surface area contributed by atoms with E-state index in [9.17, 15) is 0 Å². The van der Waals surface area contributed by atoms with Crippen LogP contribution in [0.1, 0.15) is 32.8 Å². The van der Waals surface area contributed by atoms with E-state index in [0.717, 1.165) is 12.2 Å². The fourth-order valence-electron chi connectivity index (χ4n) is 3.07. The second-order valence-corrected chi connectivity index (χ2v) is 6.62. The first-order valence-corrected chi connectivity index (χ1v) is 7.82. The molecule has 1 saturated heterocycles. The average molecular weight is 275 g/mol. The molecule has 3 nitrogen and oxygen atoms in total. The van der Waals surface area contributed by atoms with E-state index in [1.54, 1.807) is 0 Å². The molecule has 1 fully saturated rings. The zero-order valence-corrected chi connectivity index (χ0v) is 13.2. The molecule has 0 spiro atoms. The molecule has 0 bridgehead atoms. The van der Waals surface area contributed by atoms with Crippen LogP contribution >= 0.6 is 0 Å². The molecule has 2 N–H and O–H groups in total. The molecular formula is C17H29N3. The summed E-state index contributed by atoms with van der Waals surface area (Å²) in [4.78, 5) is 5.18. The Labute approximate surface area is 123 Å². The molecule has 112 valence electrons. The maximum absolute atomic E-state index is 5.78. The van der Waals surface area contributed by atoms with Crippen LogP contribution < -0.4 is 5.73 Å². The molecule has 1 aliphatic rings. The van der Waals surface area contributed by atoms with Crippen molar-refractivity contribution < 1.29 is 0 Å². The molecule has 0 amide bonds. The smallest absolute Gasteiger partial charge is 0.0314 e. The Morgan fingerprint density at radius 1 is 1.00 bits per heavy atom. The van der Waals surface area contributed by atoms with Crippen molar-refractivity contribution in [1.29, 1.82) is 0 Å². The maximum Gasteiger partial charge on any atom is 0.0314 e. The topological polar surface area (TPSA) is 32.5 Å². The summed E-state index contributed by atoms with van der Waals surface area (Å²) in [5, 5.41) is 0. The molecule has 1 heterocycles. The van der Waals surface area contributed by atoms with Gasteiger partial charge >= 0.3 is 0 Å². The number of hydrogen-bond donors (Lipinski definition) is 1. The van der Waals surface area contributed by atoms with Crippen molar-refractivity contribution in [3.05, 3.63) is 29.8 Å². The van der Waals surface area contributed by atoms with Crippen LogP contribution in [0.25, 0.3) is 0 Å². The van der Waals surface area contributed by atoms with Crippen molar-refractivity contribution in [3.8, 4) is 0 Å². The fourth-order valence-corrected chi connectivity index (χ4v) is 3.07. The molecule has 0 unspecified atom stereocenters. The Morgan fingerprint density at radius 3 is 2.10 bits per heavy atom. The van der Waals surface area contributed by atoms with Gasteiger partial charge in [-0.05, 0) is 30.7 Å². The van der Waals surface area contributed by atoms with Gasteiger partial charge in [-0.1, -0.05) is 32.9 Å². The molecule has 0 atom stereocenters. The van der Waals surface area contributed by atoms with E-state index in [0.29, 0.717) is 0 Å². The van der Waals surface area contributed by atoms with Crippen molar-refractivity contribution in [2.45, 2.75) is 32.6 Å². The van der Waals surface area contributed by atoms with E-state index < -0.39 is 0 Å². The molecule has 0 aromatic heterocycles. The Bertz CT molecular complexity index is 403. The quantitative estimate of drug-likeness (QED) is 0.838. The normalized spacial score (nSPS) is 18.4. The maximum atomic E-state index is 5.78. The predicted octanol–water partition coefficient (Wildman–Crippen LogP) is 2.57. The Morgan fingerprint density at radius 2 is 1.55 bits per heavy atom. The van der Waals surface area contributed by atoms with Gasteiger partial charge in [-0.15, -0.1) is 0 Å². The molecule has 0 aliphatic carbocycles. The van der Waals surface area contributed by atoms with Gasteiger partial charge < -0.3 is 10.6 Å². The first kappa shape index (κ1) is 15.3. The summed E-state index contributed by atoms with van der Waals surface area (Å²) in [6, 6.07) is 8.36. The van der Waals surface area contributed by atoms with Gasteiger partial charge in [-0.3, -0.25) is 4.90 Å². The number of anilines is 1. The third-order valence-corrected chi connectivity index (χ3v) is 4.32. The van der Waals surface area contributed by atoms with Gasteiger partial charge in [0.1, 0.15) is 0 Å². The minimum Gasteiger partial charge on any atom is -0.399 e. The van der Waals surface area contributed by atoms with E-state index in [1.165, 1.54) is 44.7 Å². The first-order chi connectivity index (χ1) is 9.51. The SMILES string of the molecule is CCCN1CCN(CC(C)(C)c2ccc(N)cc2)CC1. The number of piperazine rings is 1. The molecule has 1 aromatic carbocycles. The van der Waals surface area contributed by atoms with Crippen LogP contribution in [0.2, 0.25) is 0 Å². The second-order valence-electron chi connectivity index (χ2n) is 6.62. The second kappa shape index (κ2) is 6.59. The highest BCUT2D eigenvalue weighted by Crippen LogP contribution is 2.25. The predicted molar refractivity (Wildman–Crippen MR) is 87.1 cm³/mol. The lowest BCUT2D eigenvalue weighted by Gasteiger charge is -2.39. The van der Waals surface area contributed by atoms with Crippen LogP contribution in [0, 0.1) is 0 Å². The van der Waals surface area contributed by atoms with Crippen molar-refractivity contribution in [2.75, 3.05) is 45.0 Å². The highest BCUT2D eigenvalue weighted by atomic mass is 15.3. The lowest BCUT2D eigenvalue weighted by Crippen LogP contribution is -2.49. The average Bonchev–Trinajstić information content (AvgIpc) is 2.41. The van der Waals surface area contributed by atoms with E-state index in [-0.39, 0.29) is 5.41 Å².